The van der Waals surface area contributed by atoms with Crippen LogP contribution in [-0.4, -0.2) is 73.7 Å². The summed E-state index contributed by atoms with van der Waals surface area (Å²) < 4.78 is 10.5. The largest absolute Gasteiger partial charge is 0.381 e. The molecule has 27 heavy (non-hydrogen) atoms. The number of nitrogens with zero attached hydrogens (tertiary/aromatic N) is 2. The van der Waals surface area contributed by atoms with Gasteiger partial charge in [-0.2, -0.15) is 0 Å². The molecule has 2 amide bonds. The third-order valence-corrected chi connectivity index (χ3v) is 5.72. The second-order valence-corrected chi connectivity index (χ2v) is 7.54. The number of likely N-dealkylation sites (tertiary alicyclic amines) is 1. The van der Waals surface area contributed by atoms with Crippen molar-refractivity contribution in [2.24, 2.45) is 0 Å². The maximum atomic E-state index is 12.7. The normalized spacial score (nSPS) is 20.7. The van der Waals surface area contributed by atoms with Gasteiger partial charge in [0.15, 0.2) is 0 Å². The molecule has 0 unspecified atom stereocenters. The van der Waals surface area contributed by atoms with Gasteiger partial charge in [-0.1, -0.05) is 29.8 Å². The molecule has 2 fully saturated rings. The van der Waals surface area contributed by atoms with Gasteiger partial charge < -0.3 is 19.3 Å². The van der Waals surface area contributed by atoms with Crippen LogP contribution in [0.3, 0.4) is 0 Å². The van der Waals surface area contributed by atoms with Crippen molar-refractivity contribution in [3.8, 4) is 0 Å². The highest BCUT2D eigenvalue weighted by Gasteiger charge is 2.37. The molecular weight excluding hydrogens is 368 g/mol. The van der Waals surface area contributed by atoms with E-state index in [-0.39, 0.29) is 36.9 Å². The number of amides is 2. The highest BCUT2D eigenvalue weighted by Crippen LogP contribution is 2.25. The minimum atomic E-state index is -0.00481. The number of carbonyl (C=O) groups is 2. The van der Waals surface area contributed by atoms with Crippen molar-refractivity contribution in [2.75, 3.05) is 40.0 Å². The molecule has 2 heterocycles. The Bertz CT molecular complexity index is 663. The molecule has 0 bridgehead atoms. The first-order valence-corrected chi connectivity index (χ1v) is 9.87. The summed E-state index contributed by atoms with van der Waals surface area (Å²) >= 11 is 6.18. The average Bonchev–Trinajstić information content (AvgIpc) is 3.15. The number of hydrogen-bond acceptors (Lipinski definition) is 4. The lowest BCUT2D eigenvalue weighted by Crippen LogP contribution is -2.51. The van der Waals surface area contributed by atoms with Crippen LogP contribution >= 0.6 is 11.6 Å². The van der Waals surface area contributed by atoms with Crippen LogP contribution in [0.1, 0.15) is 24.8 Å². The monoisotopic (exact) mass is 394 g/mol. The molecule has 148 valence electrons. The first kappa shape index (κ1) is 20.1. The van der Waals surface area contributed by atoms with Crippen LogP contribution in [0.25, 0.3) is 0 Å². The van der Waals surface area contributed by atoms with Gasteiger partial charge in [-0.05, 0) is 30.9 Å². The number of rotatable bonds is 6. The zero-order chi connectivity index (χ0) is 19.2. The fraction of sp³-hybridized carbons (Fsp3) is 0.600. The van der Waals surface area contributed by atoms with Crippen molar-refractivity contribution in [2.45, 2.75) is 37.8 Å². The number of halogens is 1. The molecule has 0 N–H and O–H groups in total. The molecule has 0 aliphatic carbocycles. The van der Waals surface area contributed by atoms with E-state index in [1.165, 1.54) is 7.11 Å². The van der Waals surface area contributed by atoms with Crippen molar-refractivity contribution >= 4 is 23.4 Å². The Morgan fingerprint density at radius 1 is 1.22 bits per heavy atom. The maximum Gasteiger partial charge on any atom is 0.249 e. The van der Waals surface area contributed by atoms with Gasteiger partial charge in [0.05, 0.1) is 12.5 Å². The van der Waals surface area contributed by atoms with Crippen LogP contribution in [-0.2, 0) is 25.5 Å². The van der Waals surface area contributed by atoms with Crippen molar-refractivity contribution < 1.29 is 19.1 Å². The summed E-state index contributed by atoms with van der Waals surface area (Å²) in [4.78, 5) is 29.2. The fourth-order valence-electron chi connectivity index (χ4n) is 3.98. The zero-order valence-electron chi connectivity index (χ0n) is 15.7. The summed E-state index contributed by atoms with van der Waals surface area (Å²) in [5, 5.41) is 0.612. The lowest BCUT2D eigenvalue weighted by Gasteiger charge is -2.38. The molecule has 7 heteroatoms. The van der Waals surface area contributed by atoms with E-state index in [1.807, 2.05) is 28.0 Å². The molecule has 0 radical (unpaired) electrons. The van der Waals surface area contributed by atoms with E-state index in [9.17, 15) is 9.59 Å². The lowest BCUT2D eigenvalue weighted by atomic mass is 10.0. The third-order valence-electron chi connectivity index (χ3n) is 5.35. The van der Waals surface area contributed by atoms with E-state index in [1.54, 1.807) is 6.07 Å². The molecule has 6 nitrogen and oxygen atoms in total. The van der Waals surface area contributed by atoms with E-state index in [4.69, 9.17) is 21.1 Å². The van der Waals surface area contributed by atoms with E-state index >= 15 is 0 Å². The summed E-state index contributed by atoms with van der Waals surface area (Å²) in [5.74, 6) is 0.0477. The molecule has 2 saturated heterocycles. The number of methoxy groups -OCH3 is 1. The molecule has 2 aliphatic heterocycles. The topological polar surface area (TPSA) is 59.1 Å². The Kier molecular flexibility index (Phi) is 7.10. The van der Waals surface area contributed by atoms with Crippen molar-refractivity contribution in [3.63, 3.8) is 0 Å². The first-order valence-electron chi connectivity index (χ1n) is 9.49. The van der Waals surface area contributed by atoms with E-state index < -0.39 is 0 Å². The van der Waals surface area contributed by atoms with E-state index in [0.29, 0.717) is 31.3 Å². The first-order chi connectivity index (χ1) is 13.1. The van der Waals surface area contributed by atoms with Gasteiger partial charge in [-0.3, -0.25) is 9.59 Å². The van der Waals surface area contributed by atoms with Crippen molar-refractivity contribution in [1.29, 1.82) is 0 Å². The Labute approximate surface area is 165 Å². The van der Waals surface area contributed by atoms with Gasteiger partial charge >= 0.3 is 0 Å². The van der Waals surface area contributed by atoms with Crippen LogP contribution in [0, 0.1) is 0 Å². The second-order valence-electron chi connectivity index (χ2n) is 7.13. The van der Waals surface area contributed by atoms with Gasteiger partial charge in [0.1, 0.15) is 6.61 Å². The zero-order valence-corrected chi connectivity index (χ0v) is 16.5. The Morgan fingerprint density at radius 2 is 1.96 bits per heavy atom. The average molecular weight is 395 g/mol. The van der Waals surface area contributed by atoms with Gasteiger partial charge in [-0.15, -0.1) is 0 Å². The van der Waals surface area contributed by atoms with Crippen LogP contribution in [0.4, 0.5) is 0 Å². The van der Waals surface area contributed by atoms with Gasteiger partial charge in [0.25, 0.3) is 0 Å². The fourth-order valence-corrected chi connectivity index (χ4v) is 4.18. The Balaban J connectivity index is 1.65. The second kappa shape index (κ2) is 9.53. The standard InChI is InChI=1S/C20H27ClN2O4/c1-26-14-20(25)23(16-7-10-27-11-8-16)17-6-9-22(13-17)19(24)12-15-4-2-3-5-18(15)21/h2-5,16-17H,6-14H2,1H3/t17-/m0/s1. The van der Waals surface area contributed by atoms with Crippen molar-refractivity contribution in [1.82, 2.24) is 9.80 Å². The van der Waals surface area contributed by atoms with Crippen LogP contribution < -0.4 is 0 Å². The van der Waals surface area contributed by atoms with E-state index in [2.05, 4.69) is 0 Å². The van der Waals surface area contributed by atoms with Gasteiger partial charge in [-0.25, -0.2) is 0 Å². The van der Waals surface area contributed by atoms with Gasteiger partial charge in [0.2, 0.25) is 11.8 Å². The highest BCUT2D eigenvalue weighted by molar-refractivity contribution is 6.31. The predicted octanol–water partition coefficient (Wildman–Crippen LogP) is 2.14. The molecule has 0 aromatic heterocycles. The maximum absolute atomic E-state index is 12.7. The minimum absolute atomic E-state index is 0.00481. The van der Waals surface area contributed by atoms with Crippen LogP contribution in [0.5, 0.6) is 0 Å². The third kappa shape index (κ3) is 5.00. The predicted molar refractivity (Wildman–Crippen MR) is 103 cm³/mol. The van der Waals surface area contributed by atoms with E-state index in [0.717, 1.165) is 24.8 Å². The molecule has 3 rings (SSSR count). The van der Waals surface area contributed by atoms with Crippen LogP contribution in [0.15, 0.2) is 24.3 Å². The number of hydrogen-bond donors (Lipinski definition) is 0. The van der Waals surface area contributed by atoms with Crippen molar-refractivity contribution in [3.05, 3.63) is 34.9 Å². The summed E-state index contributed by atoms with van der Waals surface area (Å²) in [6.45, 7) is 2.64. The lowest BCUT2D eigenvalue weighted by molar-refractivity contribution is -0.143. The molecule has 1 aromatic carbocycles. The summed E-state index contributed by atoms with van der Waals surface area (Å²) in [5.41, 5.74) is 0.837. The summed E-state index contributed by atoms with van der Waals surface area (Å²) in [7, 11) is 1.54. The molecule has 0 spiro atoms. The SMILES string of the molecule is COCC(=O)N(C1CCOCC1)[C@H]1CCN(C(=O)Cc2ccccc2Cl)C1. The number of benzene rings is 1. The molecule has 2 aliphatic rings. The smallest absolute Gasteiger partial charge is 0.249 e. The van der Waals surface area contributed by atoms with Gasteiger partial charge in [0, 0.05) is 44.5 Å². The summed E-state index contributed by atoms with van der Waals surface area (Å²) in [6.07, 6.45) is 2.75. The molecule has 0 saturated carbocycles. The molecular formula is C20H27ClN2O4. The quantitative estimate of drug-likeness (QED) is 0.741. The minimum Gasteiger partial charge on any atom is -0.381 e. The number of carbonyl (C=O) groups excluding carboxylic acids is 2. The number of ether oxygens (including phenoxy) is 2. The Hall–Kier alpha value is -1.63. The Morgan fingerprint density at radius 3 is 2.67 bits per heavy atom. The highest BCUT2D eigenvalue weighted by atomic mass is 35.5. The van der Waals surface area contributed by atoms with Crippen LogP contribution in [0.2, 0.25) is 5.02 Å². The molecule has 1 atom stereocenters. The molecule has 1 aromatic rings. The summed E-state index contributed by atoms with van der Waals surface area (Å²) in [6, 6.07) is 7.61.